The van der Waals surface area contributed by atoms with Crippen molar-refractivity contribution in [2.24, 2.45) is 0 Å². The SMILES string of the molecule is COc1cc(C(=O)NNC2CC(=O)N(c3ccccc3C)C2=O)cc(OC)c1OC. The van der Waals surface area contributed by atoms with Crippen molar-refractivity contribution in [2.45, 2.75) is 19.4 Å². The van der Waals surface area contributed by atoms with Gasteiger partial charge in [0, 0.05) is 5.56 Å². The van der Waals surface area contributed by atoms with E-state index in [2.05, 4.69) is 10.9 Å². The van der Waals surface area contributed by atoms with E-state index in [0.29, 0.717) is 22.9 Å². The van der Waals surface area contributed by atoms with E-state index in [1.54, 1.807) is 12.1 Å². The minimum absolute atomic E-state index is 0.0668. The van der Waals surface area contributed by atoms with Gasteiger partial charge in [0.25, 0.3) is 11.8 Å². The van der Waals surface area contributed by atoms with E-state index in [4.69, 9.17) is 14.2 Å². The number of nitrogens with zero attached hydrogens (tertiary/aromatic N) is 1. The van der Waals surface area contributed by atoms with Gasteiger partial charge in [0.2, 0.25) is 11.7 Å². The fraction of sp³-hybridized carbons (Fsp3) is 0.286. The number of hydrogen-bond acceptors (Lipinski definition) is 7. The zero-order valence-corrected chi connectivity index (χ0v) is 17.1. The Morgan fingerprint density at radius 3 is 2.23 bits per heavy atom. The molecule has 30 heavy (non-hydrogen) atoms. The van der Waals surface area contributed by atoms with E-state index in [1.807, 2.05) is 19.1 Å². The monoisotopic (exact) mass is 413 g/mol. The normalized spacial score (nSPS) is 15.9. The average Bonchev–Trinajstić information content (AvgIpc) is 3.04. The predicted octanol–water partition coefficient (Wildman–Crippen LogP) is 1.59. The van der Waals surface area contributed by atoms with E-state index >= 15 is 0 Å². The lowest BCUT2D eigenvalue weighted by molar-refractivity contribution is -0.121. The molecule has 0 saturated carbocycles. The number of amides is 3. The Morgan fingerprint density at radius 1 is 1.03 bits per heavy atom. The Morgan fingerprint density at radius 2 is 1.67 bits per heavy atom. The number of hydrazine groups is 1. The summed E-state index contributed by atoms with van der Waals surface area (Å²) in [5.74, 6) is -0.299. The molecule has 1 aliphatic heterocycles. The van der Waals surface area contributed by atoms with E-state index in [-0.39, 0.29) is 17.9 Å². The summed E-state index contributed by atoms with van der Waals surface area (Å²) in [5.41, 5.74) is 6.70. The Hall–Kier alpha value is -3.59. The zero-order valence-electron chi connectivity index (χ0n) is 17.1. The predicted molar refractivity (Wildman–Crippen MR) is 109 cm³/mol. The van der Waals surface area contributed by atoms with Gasteiger partial charge in [-0.05, 0) is 30.7 Å². The summed E-state index contributed by atoms with van der Waals surface area (Å²) in [5, 5.41) is 0. The first kappa shape index (κ1) is 21.1. The number of aryl methyl sites for hydroxylation is 1. The molecule has 0 spiro atoms. The van der Waals surface area contributed by atoms with Crippen LogP contribution in [0.25, 0.3) is 0 Å². The molecule has 2 N–H and O–H groups in total. The Labute approximate surface area is 173 Å². The quantitative estimate of drug-likeness (QED) is 0.524. The second kappa shape index (κ2) is 8.83. The van der Waals surface area contributed by atoms with Gasteiger partial charge in [-0.3, -0.25) is 19.8 Å². The summed E-state index contributed by atoms with van der Waals surface area (Å²) in [6, 6.07) is 9.22. The maximum absolute atomic E-state index is 12.7. The van der Waals surface area contributed by atoms with Crippen molar-refractivity contribution in [3.05, 3.63) is 47.5 Å². The van der Waals surface area contributed by atoms with Crippen LogP contribution < -0.4 is 30.0 Å². The topological polar surface area (TPSA) is 106 Å². The average molecular weight is 413 g/mol. The van der Waals surface area contributed by atoms with Crippen LogP contribution in [0.15, 0.2) is 36.4 Å². The molecular formula is C21H23N3O6. The van der Waals surface area contributed by atoms with Gasteiger partial charge in [-0.15, -0.1) is 0 Å². The molecule has 0 aromatic heterocycles. The largest absolute Gasteiger partial charge is 0.493 e. The summed E-state index contributed by atoms with van der Waals surface area (Å²) < 4.78 is 15.7. The number of carbonyl (C=O) groups is 3. The molecule has 2 aromatic carbocycles. The molecule has 1 aliphatic rings. The molecule has 2 aromatic rings. The van der Waals surface area contributed by atoms with Crippen molar-refractivity contribution in [3.63, 3.8) is 0 Å². The van der Waals surface area contributed by atoms with Crippen LogP contribution >= 0.6 is 0 Å². The minimum atomic E-state index is -0.872. The minimum Gasteiger partial charge on any atom is -0.493 e. The van der Waals surface area contributed by atoms with Gasteiger partial charge in [-0.25, -0.2) is 10.3 Å². The summed E-state index contributed by atoms with van der Waals surface area (Å²) in [6.07, 6.45) is -0.0668. The van der Waals surface area contributed by atoms with Gasteiger partial charge < -0.3 is 14.2 Å². The van der Waals surface area contributed by atoms with Crippen molar-refractivity contribution in [2.75, 3.05) is 26.2 Å². The lowest BCUT2D eigenvalue weighted by Gasteiger charge is -2.18. The molecule has 1 unspecified atom stereocenters. The molecule has 3 rings (SSSR count). The standard InChI is InChI=1S/C21H23N3O6/c1-12-7-5-6-8-15(12)24-18(25)11-14(21(24)27)22-23-20(26)13-9-16(28-2)19(30-4)17(10-13)29-3/h5-10,14,22H,11H2,1-4H3,(H,23,26). The number of imide groups is 1. The second-order valence-corrected chi connectivity index (χ2v) is 6.62. The fourth-order valence-corrected chi connectivity index (χ4v) is 3.25. The Kier molecular flexibility index (Phi) is 6.22. The smallest absolute Gasteiger partial charge is 0.265 e. The van der Waals surface area contributed by atoms with Crippen LogP contribution in [0.1, 0.15) is 22.3 Å². The van der Waals surface area contributed by atoms with Gasteiger partial charge in [0.1, 0.15) is 6.04 Å². The highest BCUT2D eigenvalue weighted by atomic mass is 16.5. The van der Waals surface area contributed by atoms with Crippen LogP contribution in [0.3, 0.4) is 0 Å². The number of methoxy groups -OCH3 is 3. The maximum atomic E-state index is 12.7. The van der Waals surface area contributed by atoms with E-state index in [9.17, 15) is 14.4 Å². The zero-order chi connectivity index (χ0) is 21.8. The number of hydrogen-bond donors (Lipinski definition) is 2. The van der Waals surface area contributed by atoms with Crippen molar-refractivity contribution < 1.29 is 28.6 Å². The molecule has 9 heteroatoms. The van der Waals surface area contributed by atoms with Gasteiger partial charge in [-0.1, -0.05) is 18.2 Å². The Balaban J connectivity index is 1.73. The van der Waals surface area contributed by atoms with Crippen LogP contribution in [-0.4, -0.2) is 45.1 Å². The molecule has 3 amide bonds. The molecular weight excluding hydrogens is 390 g/mol. The van der Waals surface area contributed by atoms with Gasteiger partial charge in [-0.2, -0.15) is 0 Å². The molecule has 1 heterocycles. The first-order valence-electron chi connectivity index (χ1n) is 9.19. The van der Waals surface area contributed by atoms with Gasteiger partial charge >= 0.3 is 0 Å². The number of carbonyl (C=O) groups excluding carboxylic acids is 3. The summed E-state index contributed by atoms with van der Waals surface area (Å²) in [4.78, 5) is 38.9. The number of nitrogens with one attached hydrogen (secondary N) is 2. The van der Waals surface area contributed by atoms with Gasteiger partial charge in [0.05, 0.1) is 33.4 Å². The molecule has 0 radical (unpaired) electrons. The number of ether oxygens (including phenoxy) is 3. The summed E-state index contributed by atoms with van der Waals surface area (Å²) in [6.45, 7) is 1.82. The molecule has 158 valence electrons. The highest BCUT2D eigenvalue weighted by Gasteiger charge is 2.40. The highest BCUT2D eigenvalue weighted by Crippen LogP contribution is 2.38. The van der Waals surface area contributed by atoms with Crippen LogP contribution in [-0.2, 0) is 9.59 Å². The van der Waals surface area contributed by atoms with Crippen LogP contribution in [0, 0.1) is 6.92 Å². The molecule has 1 saturated heterocycles. The number of rotatable bonds is 7. The van der Waals surface area contributed by atoms with Crippen LogP contribution in [0.2, 0.25) is 0 Å². The Bertz CT molecular complexity index is 965. The highest BCUT2D eigenvalue weighted by molar-refractivity contribution is 6.22. The maximum Gasteiger partial charge on any atom is 0.265 e. The van der Waals surface area contributed by atoms with E-state index in [1.165, 1.54) is 33.5 Å². The van der Waals surface area contributed by atoms with Crippen LogP contribution in [0.4, 0.5) is 5.69 Å². The first-order valence-corrected chi connectivity index (χ1v) is 9.19. The first-order chi connectivity index (χ1) is 14.4. The molecule has 9 nitrogen and oxygen atoms in total. The lowest BCUT2D eigenvalue weighted by atomic mass is 10.1. The third-order valence-corrected chi connectivity index (χ3v) is 4.79. The summed E-state index contributed by atoms with van der Waals surface area (Å²) in [7, 11) is 4.35. The van der Waals surface area contributed by atoms with Crippen molar-refractivity contribution in [1.82, 2.24) is 10.9 Å². The fourth-order valence-electron chi connectivity index (χ4n) is 3.25. The van der Waals surface area contributed by atoms with Crippen molar-refractivity contribution >= 4 is 23.4 Å². The summed E-state index contributed by atoms with van der Waals surface area (Å²) >= 11 is 0. The molecule has 1 fully saturated rings. The number of benzene rings is 2. The molecule has 1 atom stereocenters. The number of para-hydroxylation sites is 1. The van der Waals surface area contributed by atoms with Gasteiger partial charge in [0.15, 0.2) is 11.5 Å². The van der Waals surface area contributed by atoms with E-state index < -0.39 is 17.9 Å². The van der Waals surface area contributed by atoms with E-state index in [0.717, 1.165) is 10.5 Å². The lowest BCUT2D eigenvalue weighted by Crippen LogP contribution is -2.48. The van der Waals surface area contributed by atoms with Crippen molar-refractivity contribution in [3.8, 4) is 17.2 Å². The second-order valence-electron chi connectivity index (χ2n) is 6.62. The number of anilines is 1. The molecule has 0 bridgehead atoms. The van der Waals surface area contributed by atoms with Crippen LogP contribution in [0.5, 0.6) is 17.2 Å². The third kappa shape index (κ3) is 3.92. The third-order valence-electron chi connectivity index (χ3n) is 4.79. The molecule has 0 aliphatic carbocycles. The van der Waals surface area contributed by atoms with Crippen molar-refractivity contribution in [1.29, 1.82) is 0 Å².